The van der Waals surface area contributed by atoms with Gasteiger partial charge in [-0.2, -0.15) is 8.78 Å². The Morgan fingerprint density at radius 3 is 2.50 bits per heavy atom. The molecular formula is C23H26F2N2O3. The number of nitrogens with zero attached hydrogens (tertiary/aromatic N) is 2. The number of anilines is 1. The Bertz CT molecular complexity index is 894. The van der Waals surface area contributed by atoms with Gasteiger partial charge in [-0.15, -0.1) is 0 Å². The van der Waals surface area contributed by atoms with E-state index >= 15 is 0 Å². The number of para-hydroxylation sites is 1. The highest BCUT2D eigenvalue weighted by Crippen LogP contribution is 2.30. The summed E-state index contributed by atoms with van der Waals surface area (Å²) >= 11 is 0. The maximum Gasteiger partial charge on any atom is 0.387 e. The number of hydrogen-bond donors (Lipinski definition) is 0. The molecule has 2 aromatic rings. The van der Waals surface area contributed by atoms with Crippen LogP contribution in [0.2, 0.25) is 0 Å². The van der Waals surface area contributed by atoms with Crippen LogP contribution in [0, 0.1) is 6.92 Å². The number of alkyl halides is 2. The van der Waals surface area contributed by atoms with Gasteiger partial charge in [0.15, 0.2) is 11.5 Å². The number of benzene rings is 2. The molecule has 0 atom stereocenters. The van der Waals surface area contributed by atoms with Gasteiger partial charge < -0.3 is 19.3 Å². The van der Waals surface area contributed by atoms with Crippen molar-refractivity contribution in [3.63, 3.8) is 0 Å². The molecule has 2 aromatic carbocycles. The molecule has 3 rings (SSSR count). The fraction of sp³-hybridized carbons (Fsp3) is 0.348. The normalized spacial score (nSPS) is 14.4. The molecule has 0 saturated carbocycles. The predicted molar refractivity (Wildman–Crippen MR) is 113 cm³/mol. The standard InChI is InChI=1S/C23H26F2N2O3/c1-3-29-21-16-18(8-10-20(21)30-23(24)25)9-11-22(28)27-14-12-26(13-15-27)19-7-5-4-6-17(19)2/h4-11,16,23H,3,12-15H2,1-2H3/b11-9+. The monoisotopic (exact) mass is 416 g/mol. The van der Waals surface area contributed by atoms with Gasteiger partial charge in [0.2, 0.25) is 5.91 Å². The number of aryl methyl sites for hydroxylation is 1. The first-order valence-corrected chi connectivity index (χ1v) is 9.97. The predicted octanol–water partition coefficient (Wildman–Crippen LogP) is 4.36. The Morgan fingerprint density at radius 2 is 1.83 bits per heavy atom. The van der Waals surface area contributed by atoms with E-state index in [1.807, 2.05) is 17.0 Å². The van der Waals surface area contributed by atoms with Crippen molar-refractivity contribution in [2.45, 2.75) is 20.5 Å². The molecule has 30 heavy (non-hydrogen) atoms. The van der Waals surface area contributed by atoms with Crippen LogP contribution >= 0.6 is 0 Å². The highest BCUT2D eigenvalue weighted by atomic mass is 19.3. The molecule has 7 heteroatoms. The smallest absolute Gasteiger partial charge is 0.387 e. The fourth-order valence-corrected chi connectivity index (χ4v) is 3.45. The lowest BCUT2D eigenvalue weighted by atomic mass is 10.1. The molecule has 0 aliphatic carbocycles. The third-order valence-corrected chi connectivity index (χ3v) is 4.95. The van der Waals surface area contributed by atoms with Gasteiger partial charge in [-0.1, -0.05) is 24.3 Å². The highest BCUT2D eigenvalue weighted by molar-refractivity contribution is 5.92. The quantitative estimate of drug-likeness (QED) is 0.629. The van der Waals surface area contributed by atoms with Crippen molar-refractivity contribution < 1.29 is 23.0 Å². The molecule has 160 valence electrons. The largest absolute Gasteiger partial charge is 0.490 e. The minimum atomic E-state index is -2.93. The van der Waals surface area contributed by atoms with E-state index in [0.717, 1.165) is 13.1 Å². The summed E-state index contributed by atoms with van der Waals surface area (Å²) in [6, 6.07) is 12.8. The summed E-state index contributed by atoms with van der Waals surface area (Å²) in [6.45, 7) is 4.07. The second kappa shape index (κ2) is 10.1. The van der Waals surface area contributed by atoms with Gasteiger partial charge in [0.05, 0.1) is 6.61 Å². The van der Waals surface area contributed by atoms with Crippen molar-refractivity contribution >= 4 is 17.7 Å². The molecule has 0 N–H and O–H groups in total. The lowest BCUT2D eigenvalue weighted by Gasteiger charge is -2.36. The fourth-order valence-electron chi connectivity index (χ4n) is 3.45. The molecule has 1 amide bonds. The number of halogens is 2. The molecule has 1 fully saturated rings. The van der Waals surface area contributed by atoms with Gasteiger partial charge in [0, 0.05) is 37.9 Å². The molecular weight excluding hydrogens is 390 g/mol. The van der Waals surface area contributed by atoms with Crippen molar-refractivity contribution in [3.8, 4) is 11.5 Å². The van der Waals surface area contributed by atoms with Crippen molar-refractivity contribution in [3.05, 3.63) is 59.7 Å². The number of rotatable bonds is 7. The second-order valence-electron chi connectivity index (χ2n) is 6.95. The van der Waals surface area contributed by atoms with Crippen LogP contribution in [0.3, 0.4) is 0 Å². The molecule has 1 aliphatic rings. The van der Waals surface area contributed by atoms with Gasteiger partial charge in [-0.25, -0.2) is 0 Å². The zero-order valence-corrected chi connectivity index (χ0v) is 17.2. The van der Waals surface area contributed by atoms with Gasteiger partial charge in [-0.05, 0) is 49.2 Å². The third-order valence-electron chi connectivity index (χ3n) is 4.95. The van der Waals surface area contributed by atoms with Crippen LogP contribution in [0.15, 0.2) is 48.5 Å². The van der Waals surface area contributed by atoms with E-state index in [9.17, 15) is 13.6 Å². The second-order valence-corrected chi connectivity index (χ2v) is 6.95. The molecule has 0 aromatic heterocycles. The van der Waals surface area contributed by atoms with Crippen LogP contribution in [0.5, 0.6) is 11.5 Å². The van der Waals surface area contributed by atoms with Crippen LogP contribution in [-0.2, 0) is 4.79 Å². The zero-order valence-electron chi connectivity index (χ0n) is 17.2. The molecule has 0 radical (unpaired) electrons. The Hall–Kier alpha value is -3.09. The summed E-state index contributed by atoms with van der Waals surface area (Å²) in [4.78, 5) is 16.7. The lowest BCUT2D eigenvalue weighted by Crippen LogP contribution is -2.48. The van der Waals surface area contributed by atoms with E-state index in [2.05, 4.69) is 28.7 Å². The molecule has 1 saturated heterocycles. The summed E-state index contributed by atoms with van der Waals surface area (Å²) in [5, 5.41) is 0. The molecule has 1 aliphatic heterocycles. The number of hydrogen-bond acceptors (Lipinski definition) is 4. The van der Waals surface area contributed by atoms with Crippen LogP contribution in [0.4, 0.5) is 14.5 Å². The van der Waals surface area contributed by atoms with Crippen molar-refractivity contribution in [2.75, 3.05) is 37.7 Å². The van der Waals surface area contributed by atoms with Gasteiger partial charge in [-0.3, -0.25) is 4.79 Å². The van der Waals surface area contributed by atoms with E-state index in [-0.39, 0.29) is 17.4 Å². The zero-order chi connectivity index (χ0) is 21.5. The van der Waals surface area contributed by atoms with Crippen molar-refractivity contribution in [2.24, 2.45) is 0 Å². The Kier molecular flexibility index (Phi) is 7.27. The number of piperazine rings is 1. The SMILES string of the molecule is CCOc1cc(/C=C/C(=O)N2CCN(c3ccccc3C)CC2)ccc1OC(F)F. The maximum atomic E-state index is 12.6. The van der Waals surface area contributed by atoms with Crippen LogP contribution in [0.25, 0.3) is 6.08 Å². The minimum Gasteiger partial charge on any atom is -0.490 e. The van der Waals surface area contributed by atoms with E-state index in [1.165, 1.54) is 23.4 Å². The van der Waals surface area contributed by atoms with Crippen molar-refractivity contribution in [1.82, 2.24) is 4.90 Å². The first-order chi connectivity index (χ1) is 14.5. The van der Waals surface area contributed by atoms with Crippen molar-refractivity contribution in [1.29, 1.82) is 0 Å². The Labute approximate surface area is 175 Å². The summed E-state index contributed by atoms with van der Waals surface area (Å²) in [6.07, 6.45) is 3.16. The number of amides is 1. The number of ether oxygens (including phenoxy) is 2. The van der Waals surface area contributed by atoms with Crippen LogP contribution < -0.4 is 14.4 Å². The Morgan fingerprint density at radius 1 is 1.10 bits per heavy atom. The number of carbonyl (C=O) groups is 1. The van der Waals surface area contributed by atoms with E-state index < -0.39 is 6.61 Å². The van der Waals surface area contributed by atoms with E-state index in [4.69, 9.17) is 4.74 Å². The average molecular weight is 416 g/mol. The van der Waals surface area contributed by atoms with Crippen LogP contribution in [-0.4, -0.2) is 50.2 Å². The summed E-state index contributed by atoms with van der Waals surface area (Å²) in [7, 11) is 0. The molecule has 0 spiro atoms. The molecule has 0 unspecified atom stereocenters. The van der Waals surface area contributed by atoms with Gasteiger partial charge in [0.25, 0.3) is 0 Å². The first kappa shape index (κ1) is 21.6. The number of carbonyl (C=O) groups excluding carboxylic acids is 1. The summed E-state index contributed by atoms with van der Waals surface area (Å²) in [5.41, 5.74) is 3.10. The van der Waals surface area contributed by atoms with Crippen LogP contribution in [0.1, 0.15) is 18.1 Å². The molecule has 0 bridgehead atoms. The first-order valence-electron chi connectivity index (χ1n) is 9.97. The topological polar surface area (TPSA) is 42.0 Å². The van der Waals surface area contributed by atoms with Gasteiger partial charge in [0.1, 0.15) is 0 Å². The molecule has 1 heterocycles. The van der Waals surface area contributed by atoms with E-state index in [0.29, 0.717) is 25.3 Å². The highest BCUT2D eigenvalue weighted by Gasteiger charge is 2.20. The summed E-state index contributed by atoms with van der Waals surface area (Å²) in [5.74, 6) is 0.118. The third kappa shape index (κ3) is 5.49. The lowest BCUT2D eigenvalue weighted by molar-refractivity contribution is -0.126. The maximum absolute atomic E-state index is 12.6. The minimum absolute atomic E-state index is 0.0253. The van der Waals surface area contributed by atoms with E-state index in [1.54, 1.807) is 25.1 Å². The average Bonchev–Trinajstić information content (AvgIpc) is 2.74. The summed E-state index contributed by atoms with van der Waals surface area (Å²) < 4.78 is 34.9. The Balaban J connectivity index is 1.61. The van der Waals surface area contributed by atoms with Gasteiger partial charge >= 0.3 is 6.61 Å². The molecule has 5 nitrogen and oxygen atoms in total.